The quantitative estimate of drug-likeness (QED) is 0.796. The molecule has 1 amide bonds. The Morgan fingerprint density at radius 1 is 1.00 bits per heavy atom. The van der Waals surface area contributed by atoms with Gasteiger partial charge in [-0.2, -0.15) is 0 Å². The van der Waals surface area contributed by atoms with Gasteiger partial charge in [-0.3, -0.25) is 4.79 Å². The molecule has 6 nitrogen and oxygen atoms in total. The van der Waals surface area contributed by atoms with Crippen LogP contribution >= 0.6 is 0 Å². The fourth-order valence-electron chi connectivity index (χ4n) is 2.05. The highest BCUT2D eigenvalue weighted by molar-refractivity contribution is 5.98. The van der Waals surface area contributed by atoms with Crippen LogP contribution in [0.1, 0.15) is 17.3 Å². The summed E-state index contributed by atoms with van der Waals surface area (Å²) in [6.07, 6.45) is -1.19. The van der Waals surface area contributed by atoms with Crippen LogP contribution in [0, 0.1) is 11.6 Å². The number of amides is 1. The van der Waals surface area contributed by atoms with Crippen molar-refractivity contribution >= 4 is 17.6 Å². The van der Waals surface area contributed by atoms with Crippen molar-refractivity contribution in [3.63, 3.8) is 0 Å². The molecule has 0 saturated heterocycles. The van der Waals surface area contributed by atoms with Gasteiger partial charge in [0.05, 0.1) is 25.5 Å². The lowest BCUT2D eigenvalue weighted by molar-refractivity contribution is -0.123. The van der Waals surface area contributed by atoms with Crippen molar-refractivity contribution in [2.75, 3.05) is 19.5 Å². The van der Waals surface area contributed by atoms with Crippen molar-refractivity contribution in [1.82, 2.24) is 0 Å². The van der Waals surface area contributed by atoms with Crippen molar-refractivity contribution in [2.45, 2.75) is 13.0 Å². The van der Waals surface area contributed by atoms with E-state index in [-0.39, 0.29) is 5.56 Å². The Hall–Kier alpha value is -3.16. The SMILES string of the molecule is COc1ccc(OC)c(NC(=O)[C@@H](C)OC(=O)c2ccc(F)c(F)c2)c1. The van der Waals surface area contributed by atoms with Crippen LogP contribution in [0.2, 0.25) is 0 Å². The highest BCUT2D eigenvalue weighted by atomic mass is 19.2. The number of hydrogen-bond donors (Lipinski definition) is 1. The molecule has 2 rings (SSSR count). The van der Waals surface area contributed by atoms with Crippen LogP contribution in [-0.2, 0) is 9.53 Å². The maximum Gasteiger partial charge on any atom is 0.339 e. The average Bonchev–Trinajstić information content (AvgIpc) is 2.63. The number of carbonyl (C=O) groups excluding carboxylic acids is 2. The first-order chi connectivity index (χ1) is 12.3. The van der Waals surface area contributed by atoms with Gasteiger partial charge in [0.25, 0.3) is 5.91 Å². The second-order valence-electron chi connectivity index (χ2n) is 5.23. The first kappa shape index (κ1) is 19.2. The molecule has 0 heterocycles. The van der Waals surface area contributed by atoms with Crippen LogP contribution in [0.15, 0.2) is 36.4 Å². The van der Waals surface area contributed by atoms with Crippen LogP contribution in [0.25, 0.3) is 0 Å². The predicted molar refractivity (Wildman–Crippen MR) is 89.4 cm³/mol. The Kier molecular flexibility index (Phi) is 6.11. The van der Waals surface area contributed by atoms with Gasteiger partial charge in [0.15, 0.2) is 17.7 Å². The fourth-order valence-corrected chi connectivity index (χ4v) is 2.05. The van der Waals surface area contributed by atoms with Crippen molar-refractivity contribution in [3.05, 3.63) is 53.6 Å². The number of rotatable bonds is 6. The Balaban J connectivity index is 2.07. The first-order valence-corrected chi connectivity index (χ1v) is 7.54. The molecule has 2 aromatic rings. The smallest absolute Gasteiger partial charge is 0.339 e. The van der Waals surface area contributed by atoms with Gasteiger partial charge >= 0.3 is 5.97 Å². The Morgan fingerprint density at radius 2 is 1.73 bits per heavy atom. The van der Waals surface area contributed by atoms with E-state index in [1.165, 1.54) is 21.1 Å². The van der Waals surface area contributed by atoms with Gasteiger partial charge < -0.3 is 19.5 Å². The number of methoxy groups -OCH3 is 2. The fraction of sp³-hybridized carbons (Fsp3) is 0.222. The molecular weight excluding hydrogens is 348 g/mol. The number of nitrogens with one attached hydrogen (secondary N) is 1. The van der Waals surface area contributed by atoms with E-state index in [1.54, 1.807) is 18.2 Å². The number of benzene rings is 2. The summed E-state index contributed by atoms with van der Waals surface area (Å²) < 4.78 is 41.3. The minimum atomic E-state index is -1.19. The maximum absolute atomic E-state index is 13.2. The standard InChI is InChI=1S/C18H17F2NO5/c1-10(26-18(23)11-4-6-13(19)14(20)8-11)17(22)21-15-9-12(24-2)5-7-16(15)25-3/h4-10H,1-3H3,(H,21,22)/t10-/m1/s1. The molecular formula is C18H17F2NO5. The molecule has 138 valence electrons. The predicted octanol–water partition coefficient (Wildman–Crippen LogP) is 3.17. The minimum Gasteiger partial charge on any atom is -0.497 e. The molecule has 8 heteroatoms. The van der Waals surface area contributed by atoms with Gasteiger partial charge in [-0.15, -0.1) is 0 Å². The van der Waals surface area contributed by atoms with Crippen LogP contribution in [0.4, 0.5) is 14.5 Å². The summed E-state index contributed by atoms with van der Waals surface area (Å²) in [5, 5.41) is 2.56. The monoisotopic (exact) mass is 365 g/mol. The van der Waals surface area contributed by atoms with E-state index in [1.807, 2.05) is 0 Å². The van der Waals surface area contributed by atoms with Crippen LogP contribution in [0.5, 0.6) is 11.5 Å². The van der Waals surface area contributed by atoms with Crippen molar-refractivity contribution in [1.29, 1.82) is 0 Å². The molecule has 1 N–H and O–H groups in total. The van der Waals surface area contributed by atoms with Gasteiger partial charge in [0.1, 0.15) is 11.5 Å². The third-order valence-corrected chi connectivity index (χ3v) is 3.47. The number of ether oxygens (including phenoxy) is 3. The molecule has 0 aromatic heterocycles. The number of esters is 1. The molecule has 0 aliphatic carbocycles. The molecule has 0 fully saturated rings. The Morgan fingerprint density at radius 3 is 2.35 bits per heavy atom. The Labute approximate surface area is 148 Å². The topological polar surface area (TPSA) is 73.9 Å². The summed E-state index contributed by atoms with van der Waals surface area (Å²) >= 11 is 0. The maximum atomic E-state index is 13.2. The summed E-state index contributed by atoms with van der Waals surface area (Å²) in [5.74, 6) is -2.97. The number of hydrogen-bond acceptors (Lipinski definition) is 5. The summed E-state index contributed by atoms with van der Waals surface area (Å²) in [4.78, 5) is 24.2. The van der Waals surface area contributed by atoms with Crippen molar-refractivity contribution in [3.8, 4) is 11.5 Å². The van der Waals surface area contributed by atoms with E-state index < -0.39 is 29.6 Å². The molecule has 0 aliphatic heterocycles. The van der Waals surface area contributed by atoms with Crippen molar-refractivity contribution in [2.24, 2.45) is 0 Å². The molecule has 0 aliphatic rings. The lowest BCUT2D eigenvalue weighted by Gasteiger charge is -2.16. The minimum absolute atomic E-state index is 0.206. The molecule has 1 atom stereocenters. The molecule has 0 saturated carbocycles. The summed E-state index contributed by atoms with van der Waals surface area (Å²) in [7, 11) is 2.91. The van der Waals surface area contributed by atoms with E-state index in [0.29, 0.717) is 23.3 Å². The summed E-state index contributed by atoms with van der Waals surface area (Å²) in [5.41, 5.74) is 0.120. The second kappa shape index (κ2) is 8.28. The molecule has 0 spiro atoms. The number of carbonyl (C=O) groups is 2. The van der Waals surface area contributed by atoms with E-state index >= 15 is 0 Å². The molecule has 26 heavy (non-hydrogen) atoms. The highest BCUT2D eigenvalue weighted by Gasteiger charge is 2.21. The molecule has 0 bridgehead atoms. The highest BCUT2D eigenvalue weighted by Crippen LogP contribution is 2.29. The molecule has 0 unspecified atom stereocenters. The van der Waals surface area contributed by atoms with Crippen molar-refractivity contribution < 1.29 is 32.6 Å². The normalized spacial score (nSPS) is 11.4. The van der Waals surface area contributed by atoms with E-state index in [0.717, 1.165) is 12.1 Å². The van der Waals surface area contributed by atoms with E-state index in [2.05, 4.69) is 5.32 Å². The van der Waals surface area contributed by atoms with Crippen LogP contribution in [0.3, 0.4) is 0 Å². The van der Waals surface area contributed by atoms with Crippen LogP contribution in [-0.4, -0.2) is 32.2 Å². The zero-order chi connectivity index (χ0) is 19.3. The zero-order valence-corrected chi connectivity index (χ0v) is 14.3. The van der Waals surface area contributed by atoms with Gasteiger partial charge in [-0.1, -0.05) is 0 Å². The second-order valence-corrected chi connectivity index (χ2v) is 5.23. The number of anilines is 1. The zero-order valence-electron chi connectivity index (χ0n) is 14.3. The molecule has 2 aromatic carbocycles. The van der Waals surface area contributed by atoms with Gasteiger partial charge in [0.2, 0.25) is 0 Å². The lowest BCUT2D eigenvalue weighted by atomic mass is 10.2. The third-order valence-electron chi connectivity index (χ3n) is 3.47. The Bertz CT molecular complexity index is 825. The lowest BCUT2D eigenvalue weighted by Crippen LogP contribution is -2.30. The van der Waals surface area contributed by atoms with E-state index in [9.17, 15) is 18.4 Å². The van der Waals surface area contributed by atoms with Crippen LogP contribution < -0.4 is 14.8 Å². The third kappa shape index (κ3) is 4.47. The summed E-state index contributed by atoms with van der Waals surface area (Å²) in [6.45, 7) is 1.35. The molecule has 0 radical (unpaired) electrons. The number of halogens is 2. The van der Waals surface area contributed by atoms with Gasteiger partial charge in [0, 0.05) is 6.07 Å². The summed E-state index contributed by atoms with van der Waals surface area (Å²) in [6, 6.07) is 7.37. The first-order valence-electron chi connectivity index (χ1n) is 7.54. The van der Waals surface area contributed by atoms with Gasteiger partial charge in [-0.05, 0) is 37.3 Å². The largest absolute Gasteiger partial charge is 0.497 e. The average molecular weight is 365 g/mol. The van der Waals surface area contributed by atoms with Gasteiger partial charge in [-0.25, -0.2) is 13.6 Å². The van der Waals surface area contributed by atoms with E-state index in [4.69, 9.17) is 14.2 Å².